The number of hydrogen-bond acceptors (Lipinski definition) is 3. The highest BCUT2D eigenvalue weighted by atomic mass is 79.9. The molecule has 1 amide bonds. The maximum absolute atomic E-state index is 14.0. The van der Waals surface area contributed by atoms with Crippen molar-refractivity contribution in [3.63, 3.8) is 0 Å². The summed E-state index contributed by atoms with van der Waals surface area (Å²) in [6, 6.07) is 15.3. The summed E-state index contributed by atoms with van der Waals surface area (Å²) in [4.78, 5) is 12.6. The zero-order chi connectivity index (χ0) is 21.2. The van der Waals surface area contributed by atoms with Crippen LogP contribution in [0.1, 0.15) is 21.5 Å². The van der Waals surface area contributed by atoms with Crippen LogP contribution in [0, 0.1) is 19.7 Å². The molecule has 3 rings (SSSR count). The first kappa shape index (κ1) is 21.0. The molecule has 3 aromatic carbocycles. The fourth-order valence-electron chi connectivity index (χ4n) is 2.58. The van der Waals surface area contributed by atoms with Crippen molar-refractivity contribution in [1.82, 2.24) is 0 Å². The van der Waals surface area contributed by atoms with Crippen LogP contribution in [0.2, 0.25) is 0 Å². The Morgan fingerprint density at radius 3 is 2.28 bits per heavy atom. The number of nitrogens with one attached hydrogen (secondary N) is 2. The van der Waals surface area contributed by atoms with Gasteiger partial charge in [-0.3, -0.25) is 9.52 Å². The average Bonchev–Trinajstić information content (AvgIpc) is 2.66. The van der Waals surface area contributed by atoms with E-state index >= 15 is 0 Å². The number of carbonyl (C=O) groups is 1. The van der Waals surface area contributed by atoms with Gasteiger partial charge >= 0.3 is 0 Å². The Morgan fingerprint density at radius 2 is 1.62 bits per heavy atom. The predicted octanol–water partition coefficient (Wildman–Crippen LogP) is 5.26. The van der Waals surface area contributed by atoms with Crippen molar-refractivity contribution < 1.29 is 17.6 Å². The summed E-state index contributed by atoms with van der Waals surface area (Å²) in [6.45, 7) is 3.59. The third-order valence-electron chi connectivity index (χ3n) is 4.25. The van der Waals surface area contributed by atoms with E-state index in [2.05, 4.69) is 26.0 Å². The molecule has 0 heterocycles. The Kier molecular flexibility index (Phi) is 6.04. The highest BCUT2D eigenvalue weighted by Gasteiger charge is 2.17. The monoisotopic (exact) mass is 476 g/mol. The SMILES string of the molecule is Cc1ccc(S(=O)(=O)Nc2cc(C(=O)Nc3ccc(Br)cc3F)ccc2C)cc1. The van der Waals surface area contributed by atoms with Crippen LogP contribution in [0.25, 0.3) is 0 Å². The van der Waals surface area contributed by atoms with E-state index in [1.807, 2.05) is 6.92 Å². The van der Waals surface area contributed by atoms with Gasteiger partial charge in [0.05, 0.1) is 16.3 Å². The standard InChI is InChI=1S/C21H18BrFN2O3S/c1-13-3-8-17(9-4-13)29(27,28)25-20-11-15(6-5-14(20)2)21(26)24-19-10-7-16(22)12-18(19)23/h3-12,25H,1-2H3,(H,24,26). The van der Waals surface area contributed by atoms with Crippen molar-refractivity contribution in [2.24, 2.45) is 0 Å². The lowest BCUT2D eigenvalue weighted by Crippen LogP contribution is -2.16. The van der Waals surface area contributed by atoms with Crippen LogP contribution in [0.15, 0.2) is 70.0 Å². The van der Waals surface area contributed by atoms with Crippen molar-refractivity contribution in [3.05, 3.63) is 87.6 Å². The van der Waals surface area contributed by atoms with Gasteiger partial charge < -0.3 is 5.32 Å². The number of halogens is 2. The minimum Gasteiger partial charge on any atom is -0.319 e. The molecule has 29 heavy (non-hydrogen) atoms. The molecule has 150 valence electrons. The van der Waals surface area contributed by atoms with E-state index in [0.717, 1.165) is 5.56 Å². The van der Waals surface area contributed by atoms with E-state index in [1.165, 1.54) is 30.3 Å². The number of rotatable bonds is 5. The van der Waals surface area contributed by atoms with Gasteiger partial charge in [-0.05, 0) is 61.9 Å². The Hall–Kier alpha value is -2.71. The predicted molar refractivity (Wildman–Crippen MR) is 115 cm³/mol. The second kappa shape index (κ2) is 8.34. The van der Waals surface area contributed by atoms with Crippen LogP contribution in [-0.2, 0) is 10.0 Å². The molecule has 0 aliphatic heterocycles. The van der Waals surface area contributed by atoms with Gasteiger partial charge in [0.25, 0.3) is 15.9 Å². The van der Waals surface area contributed by atoms with Crippen molar-refractivity contribution in [2.45, 2.75) is 18.7 Å². The average molecular weight is 477 g/mol. The number of amides is 1. The van der Waals surface area contributed by atoms with Gasteiger partial charge in [0.2, 0.25) is 0 Å². The lowest BCUT2D eigenvalue weighted by atomic mass is 10.1. The van der Waals surface area contributed by atoms with E-state index in [9.17, 15) is 17.6 Å². The van der Waals surface area contributed by atoms with Gasteiger partial charge in [-0.15, -0.1) is 0 Å². The fraction of sp³-hybridized carbons (Fsp3) is 0.0952. The second-order valence-electron chi connectivity index (χ2n) is 6.53. The normalized spacial score (nSPS) is 11.2. The lowest BCUT2D eigenvalue weighted by Gasteiger charge is -2.13. The number of anilines is 2. The summed E-state index contributed by atoms with van der Waals surface area (Å²) in [6.07, 6.45) is 0. The van der Waals surface area contributed by atoms with E-state index in [1.54, 1.807) is 37.3 Å². The maximum atomic E-state index is 14.0. The number of hydrogen-bond donors (Lipinski definition) is 2. The van der Waals surface area contributed by atoms with Crippen LogP contribution >= 0.6 is 15.9 Å². The largest absolute Gasteiger partial charge is 0.319 e. The molecule has 0 radical (unpaired) electrons. The quantitative estimate of drug-likeness (QED) is 0.527. The van der Waals surface area contributed by atoms with Crippen molar-refractivity contribution in [2.75, 3.05) is 10.0 Å². The van der Waals surface area contributed by atoms with Crippen LogP contribution in [0.3, 0.4) is 0 Å². The topological polar surface area (TPSA) is 75.3 Å². The Morgan fingerprint density at radius 1 is 0.931 bits per heavy atom. The van der Waals surface area contributed by atoms with E-state index in [4.69, 9.17) is 0 Å². The molecule has 2 N–H and O–H groups in total. The number of sulfonamides is 1. The first-order chi connectivity index (χ1) is 13.7. The Balaban J connectivity index is 1.85. The van der Waals surface area contributed by atoms with Crippen molar-refractivity contribution in [1.29, 1.82) is 0 Å². The molecule has 0 atom stereocenters. The van der Waals surface area contributed by atoms with Crippen LogP contribution in [0.4, 0.5) is 15.8 Å². The van der Waals surface area contributed by atoms with Gasteiger partial charge in [0, 0.05) is 10.0 Å². The summed E-state index contributed by atoms with van der Waals surface area (Å²) < 4.78 is 42.3. The van der Waals surface area contributed by atoms with Crippen molar-refractivity contribution in [3.8, 4) is 0 Å². The molecule has 0 aromatic heterocycles. The van der Waals surface area contributed by atoms with Gasteiger partial charge in [-0.1, -0.05) is 39.7 Å². The smallest absolute Gasteiger partial charge is 0.261 e. The number of aryl methyl sites for hydroxylation is 2. The molecule has 5 nitrogen and oxygen atoms in total. The zero-order valence-corrected chi connectivity index (χ0v) is 18.1. The van der Waals surface area contributed by atoms with E-state index in [0.29, 0.717) is 10.0 Å². The molecular weight excluding hydrogens is 459 g/mol. The molecule has 8 heteroatoms. The number of benzene rings is 3. The molecule has 0 aliphatic rings. The fourth-order valence-corrected chi connectivity index (χ4v) is 4.03. The maximum Gasteiger partial charge on any atom is 0.261 e. The third kappa shape index (κ3) is 5.02. The molecule has 0 spiro atoms. The first-order valence-electron chi connectivity index (χ1n) is 8.62. The molecule has 3 aromatic rings. The summed E-state index contributed by atoms with van der Waals surface area (Å²) in [5, 5.41) is 2.49. The highest BCUT2D eigenvalue weighted by molar-refractivity contribution is 9.10. The van der Waals surface area contributed by atoms with Gasteiger partial charge in [-0.25, -0.2) is 12.8 Å². The molecule has 0 unspecified atom stereocenters. The zero-order valence-electron chi connectivity index (χ0n) is 15.7. The highest BCUT2D eigenvalue weighted by Crippen LogP contribution is 2.24. The molecule has 0 bridgehead atoms. The van der Waals surface area contributed by atoms with Crippen LogP contribution in [0.5, 0.6) is 0 Å². The van der Waals surface area contributed by atoms with Gasteiger partial charge in [0.1, 0.15) is 5.82 Å². The molecule has 0 aliphatic carbocycles. The lowest BCUT2D eigenvalue weighted by molar-refractivity contribution is 0.102. The van der Waals surface area contributed by atoms with Gasteiger partial charge in [0.15, 0.2) is 0 Å². The summed E-state index contributed by atoms with van der Waals surface area (Å²) in [7, 11) is -3.81. The summed E-state index contributed by atoms with van der Waals surface area (Å²) in [5.74, 6) is -1.14. The molecule has 0 saturated heterocycles. The summed E-state index contributed by atoms with van der Waals surface area (Å²) >= 11 is 3.16. The van der Waals surface area contributed by atoms with E-state index in [-0.39, 0.29) is 21.8 Å². The Labute approximate surface area is 177 Å². The molecule has 0 fully saturated rings. The molecule has 0 saturated carbocycles. The van der Waals surface area contributed by atoms with E-state index < -0.39 is 21.7 Å². The number of carbonyl (C=O) groups excluding carboxylic acids is 1. The summed E-state index contributed by atoms with van der Waals surface area (Å²) in [5.41, 5.74) is 2.08. The Bertz CT molecular complexity index is 1180. The minimum absolute atomic E-state index is 0.0283. The second-order valence-corrected chi connectivity index (χ2v) is 9.12. The van der Waals surface area contributed by atoms with Gasteiger partial charge in [-0.2, -0.15) is 0 Å². The van der Waals surface area contributed by atoms with Crippen LogP contribution in [-0.4, -0.2) is 14.3 Å². The van der Waals surface area contributed by atoms with Crippen LogP contribution < -0.4 is 10.0 Å². The van der Waals surface area contributed by atoms with Crippen molar-refractivity contribution >= 4 is 43.2 Å². The molecular formula is C21H18BrFN2O3S. The third-order valence-corrected chi connectivity index (χ3v) is 6.13. The first-order valence-corrected chi connectivity index (χ1v) is 10.9. The minimum atomic E-state index is -3.81.